The molecule has 0 saturated heterocycles. The molecule has 0 bridgehead atoms. The van der Waals surface area contributed by atoms with Crippen LogP contribution >= 0.6 is 27.3 Å². The molecule has 0 radical (unpaired) electrons. The molecule has 0 aliphatic heterocycles. The summed E-state index contributed by atoms with van der Waals surface area (Å²) in [5.74, 6) is 0. The Hall–Kier alpha value is -0.730. The van der Waals surface area contributed by atoms with Crippen molar-refractivity contribution in [2.75, 3.05) is 6.54 Å². The third-order valence-corrected chi connectivity index (χ3v) is 5.59. The van der Waals surface area contributed by atoms with E-state index < -0.39 is 16.1 Å². The maximum atomic E-state index is 12.2. The van der Waals surface area contributed by atoms with Crippen molar-refractivity contribution in [2.24, 2.45) is 0 Å². The fourth-order valence-electron chi connectivity index (χ4n) is 1.71. The molecule has 1 aromatic carbocycles. The molecule has 0 amide bonds. The van der Waals surface area contributed by atoms with Gasteiger partial charge < -0.3 is 5.11 Å². The van der Waals surface area contributed by atoms with Crippen LogP contribution in [-0.2, 0) is 10.0 Å². The van der Waals surface area contributed by atoms with Crippen molar-refractivity contribution in [1.82, 2.24) is 4.72 Å². The van der Waals surface area contributed by atoms with Gasteiger partial charge >= 0.3 is 0 Å². The van der Waals surface area contributed by atoms with Crippen LogP contribution in [0.15, 0.2) is 44.4 Å². The highest BCUT2D eigenvalue weighted by molar-refractivity contribution is 9.10. The van der Waals surface area contributed by atoms with E-state index in [9.17, 15) is 13.5 Å². The highest BCUT2D eigenvalue weighted by atomic mass is 79.9. The van der Waals surface area contributed by atoms with Gasteiger partial charge in [-0.2, -0.15) is 11.3 Å². The topological polar surface area (TPSA) is 66.4 Å². The maximum absolute atomic E-state index is 12.2. The van der Waals surface area contributed by atoms with Gasteiger partial charge in [0.25, 0.3) is 0 Å². The van der Waals surface area contributed by atoms with Crippen LogP contribution in [0, 0.1) is 6.92 Å². The maximum Gasteiger partial charge on any atom is 0.240 e. The standard InChI is InChI=1S/C13H14BrNO3S2/c1-9-2-3-11(14)6-13(9)20(17,18)15-7-12(16)10-4-5-19-8-10/h2-6,8,12,15-16H,7H2,1H3. The first kappa shape index (κ1) is 15.7. The molecule has 7 heteroatoms. The van der Waals surface area contributed by atoms with Crippen molar-refractivity contribution in [1.29, 1.82) is 0 Å². The van der Waals surface area contributed by atoms with E-state index in [1.165, 1.54) is 11.3 Å². The van der Waals surface area contributed by atoms with Crippen molar-refractivity contribution in [3.63, 3.8) is 0 Å². The summed E-state index contributed by atoms with van der Waals surface area (Å²) in [5.41, 5.74) is 1.37. The Morgan fingerprint density at radius 1 is 1.40 bits per heavy atom. The first-order chi connectivity index (χ1) is 9.40. The van der Waals surface area contributed by atoms with Crippen LogP contribution in [0.4, 0.5) is 0 Å². The van der Waals surface area contributed by atoms with Gasteiger partial charge in [-0.3, -0.25) is 0 Å². The predicted octanol–water partition coefficient (Wildman–Crippen LogP) is 2.83. The molecular weight excluding hydrogens is 362 g/mol. The normalized spacial score (nSPS) is 13.3. The van der Waals surface area contributed by atoms with Crippen LogP contribution in [0.5, 0.6) is 0 Å². The first-order valence-corrected chi connectivity index (χ1v) is 9.08. The fourth-order valence-corrected chi connectivity index (χ4v) is 4.24. The Labute approximate surface area is 130 Å². The molecule has 2 aromatic rings. The summed E-state index contributed by atoms with van der Waals surface area (Å²) < 4.78 is 27.6. The minimum Gasteiger partial charge on any atom is -0.387 e. The predicted molar refractivity (Wildman–Crippen MR) is 83.3 cm³/mol. The number of aliphatic hydroxyl groups is 1. The van der Waals surface area contributed by atoms with Crippen molar-refractivity contribution in [3.05, 3.63) is 50.6 Å². The third-order valence-electron chi connectivity index (χ3n) is 2.83. The Morgan fingerprint density at radius 2 is 2.15 bits per heavy atom. The van der Waals surface area contributed by atoms with E-state index in [0.717, 1.165) is 0 Å². The molecule has 108 valence electrons. The molecular formula is C13H14BrNO3S2. The number of rotatable bonds is 5. The van der Waals surface area contributed by atoms with E-state index in [1.807, 2.05) is 5.38 Å². The van der Waals surface area contributed by atoms with Gasteiger partial charge in [0.15, 0.2) is 0 Å². The van der Waals surface area contributed by atoms with E-state index in [4.69, 9.17) is 0 Å². The molecule has 0 spiro atoms. The third kappa shape index (κ3) is 3.67. The Balaban J connectivity index is 2.13. The monoisotopic (exact) mass is 375 g/mol. The van der Waals surface area contributed by atoms with Crippen LogP contribution in [0.1, 0.15) is 17.2 Å². The minimum absolute atomic E-state index is 0.0506. The molecule has 4 nitrogen and oxygen atoms in total. The number of sulfonamides is 1. The SMILES string of the molecule is Cc1ccc(Br)cc1S(=O)(=O)NCC(O)c1ccsc1. The van der Waals surface area contributed by atoms with Crippen molar-refractivity contribution in [2.45, 2.75) is 17.9 Å². The number of aliphatic hydroxyl groups excluding tert-OH is 1. The molecule has 0 aliphatic rings. The highest BCUT2D eigenvalue weighted by Gasteiger charge is 2.19. The van der Waals surface area contributed by atoms with Crippen LogP contribution in [0.25, 0.3) is 0 Å². The van der Waals surface area contributed by atoms with Gasteiger partial charge in [0.1, 0.15) is 0 Å². The number of nitrogens with one attached hydrogen (secondary N) is 1. The lowest BCUT2D eigenvalue weighted by Gasteiger charge is -2.13. The molecule has 1 aromatic heterocycles. The van der Waals surface area contributed by atoms with E-state index in [1.54, 1.807) is 36.6 Å². The van der Waals surface area contributed by atoms with E-state index in [2.05, 4.69) is 20.7 Å². The van der Waals surface area contributed by atoms with Crippen LogP contribution < -0.4 is 4.72 Å². The Bertz CT molecular complexity index is 684. The molecule has 1 heterocycles. The first-order valence-electron chi connectivity index (χ1n) is 5.86. The summed E-state index contributed by atoms with van der Waals surface area (Å²) in [5, 5.41) is 13.5. The van der Waals surface area contributed by atoms with Crippen molar-refractivity contribution in [3.8, 4) is 0 Å². The quantitative estimate of drug-likeness (QED) is 0.844. The average molecular weight is 376 g/mol. The molecule has 0 aliphatic carbocycles. The second kappa shape index (κ2) is 6.36. The van der Waals surface area contributed by atoms with E-state index in [-0.39, 0.29) is 11.4 Å². The van der Waals surface area contributed by atoms with Crippen molar-refractivity contribution >= 4 is 37.3 Å². The zero-order valence-electron chi connectivity index (χ0n) is 10.7. The summed E-state index contributed by atoms with van der Waals surface area (Å²) in [7, 11) is -3.64. The summed E-state index contributed by atoms with van der Waals surface area (Å²) in [6, 6.07) is 6.84. The second-order valence-corrected chi connectivity index (χ2v) is 7.77. The average Bonchev–Trinajstić information content (AvgIpc) is 2.93. The summed E-state index contributed by atoms with van der Waals surface area (Å²) >= 11 is 4.72. The van der Waals surface area contributed by atoms with Gasteiger partial charge in [-0.05, 0) is 47.0 Å². The van der Waals surface area contributed by atoms with Crippen LogP contribution in [0.3, 0.4) is 0 Å². The zero-order chi connectivity index (χ0) is 14.8. The molecule has 20 heavy (non-hydrogen) atoms. The summed E-state index contributed by atoms with van der Waals surface area (Å²) in [6.45, 7) is 1.68. The molecule has 0 saturated carbocycles. The van der Waals surface area contributed by atoms with Gasteiger partial charge in [0.05, 0.1) is 11.0 Å². The number of hydrogen-bond acceptors (Lipinski definition) is 4. The largest absolute Gasteiger partial charge is 0.387 e. The smallest absolute Gasteiger partial charge is 0.240 e. The lowest BCUT2D eigenvalue weighted by Crippen LogP contribution is -2.29. The van der Waals surface area contributed by atoms with Crippen LogP contribution in [-0.4, -0.2) is 20.1 Å². The number of aryl methyl sites for hydroxylation is 1. The lowest BCUT2D eigenvalue weighted by atomic mass is 10.2. The molecule has 2 rings (SSSR count). The van der Waals surface area contributed by atoms with E-state index >= 15 is 0 Å². The fraction of sp³-hybridized carbons (Fsp3) is 0.231. The van der Waals surface area contributed by atoms with Gasteiger partial charge in [-0.15, -0.1) is 0 Å². The van der Waals surface area contributed by atoms with Crippen LogP contribution in [0.2, 0.25) is 0 Å². The molecule has 0 fully saturated rings. The number of benzene rings is 1. The second-order valence-electron chi connectivity index (χ2n) is 4.33. The van der Waals surface area contributed by atoms with Crippen molar-refractivity contribution < 1.29 is 13.5 Å². The lowest BCUT2D eigenvalue weighted by molar-refractivity contribution is 0.182. The number of thiophene rings is 1. The Morgan fingerprint density at radius 3 is 2.80 bits per heavy atom. The Kier molecular flexibility index (Phi) is 4.98. The van der Waals surface area contributed by atoms with Gasteiger partial charge in [-0.1, -0.05) is 22.0 Å². The minimum atomic E-state index is -3.64. The van der Waals surface area contributed by atoms with Gasteiger partial charge in [0.2, 0.25) is 10.0 Å². The molecule has 1 unspecified atom stereocenters. The highest BCUT2D eigenvalue weighted by Crippen LogP contribution is 2.21. The molecule has 1 atom stereocenters. The zero-order valence-corrected chi connectivity index (χ0v) is 13.9. The van der Waals surface area contributed by atoms with E-state index in [0.29, 0.717) is 15.6 Å². The number of hydrogen-bond donors (Lipinski definition) is 2. The summed E-state index contributed by atoms with van der Waals surface area (Å²) in [6.07, 6.45) is -0.844. The van der Waals surface area contributed by atoms with Gasteiger partial charge in [0, 0.05) is 11.0 Å². The summed E-state index contributed by atoms with van der Waals surface area (Å²) in [4.78, 5) is 0.212. The van der Waals surface area contributed by atoms with Gasteiger partial charge in [-0.25, -0.2) is 13.1 Å². The number of halogens is 1. The molecule has 2 N–H and O–H groups in total.